The Balaban J connectivity index is 0.000000280. The van der Waals surface area contributed by atoms with Gasteiger partial charge in [0.25, 0.3) is 0 Å². The lowest BCUT2D eigenvalue weighted by Gasteiger charge is -2.37. The first-order valence-electron chi connectivity index (χ1n) is 28.1. The van der Waals surface area contributed by atoms with Crippen molar-refractivity contribution in [2.75, 3.05) is 0 Å². The van der Waals surface area contributed by atoms with Gasteiger partial charge in [0.2, 0.25) is 6.41 Å². The molecular weight excluding hydrogens is 1110 g/mol. The number of nitrogens with one attached hydrogen (secondary N) is 1. The van der Waals surface area contributed by atoms with Crippen molar-refractivity contribution in [1.29, 1.82) is 0 Å². The Morgan fingerprint density at radius 1 is 0.636 bits per heavy atom. The van der Waals surface area contributed by atoms with E-state index in [1.54, 1.807) is 0 Å². The average molecular weight is 1190 g/mol. The Bertz CT molecular complexity index is 2270. The van der Waals surface area contributed by atoms with Crippen LogP contribution in [0.5, 0.6) is 0 Å². The van der Waals surface area contributed by atoms with E-state index in [4.69, 9.17) is 18.9 Å². The zero-order chi connectivity index (χ0) is 55.8. The van der Waals surface area contributed by atoms with Gasteiger partial charge in [-0.15, -0.1) is 0 Å². The maximum atomic E-state index is 13.1. The molecule has 0 saturated carbocycles. The predicted molar refractivity (Wildman–Crippen MR) is 311 cm³/mol. The smallest absolute Gasteiger partial charge is 0.329 e. The molecule has 6 rings (SSSR count). The molecule has 14 heteroatoms. The van der Waals surface area contributed by atoms with Crippen LogP contribution in [0.3, 0.4) is 0 Å². The van der Waals surface area contributed by atoms with Crippen LogP contribution in [-0.2, 0) is 49.3 Å². The highest BCUT2D eigenvalue weighted by Crippen LogP contribution is 2.34. The van der Waals surface area contributed by atoms with E-state index in [0.29, 0.717) is 51.4 Å². The lowest BCUT2D eigenvalue weighted by atomic mass is 9.86. The number of cyclic esters (lactones) is 3. The Morgan fingerprint density at radius 2 is 1.12 bits per heavy atom. The summed E-state index contributed by atoms with van der Waals surface area (Å²) in [6.07, 6.45) is 28.3. The first-order valence-corrected chi connectivity index (χ1v) is 29.7. The van der Waals surface area contributed by atoms with E-state index in [1.165, 1.54) is 19.3 Å². The molecular formula is C63H85Br2NO11. The number of halogens is 2. The number of ether oxygens (including phenoxy) is 4. The second-order valence-electron chi connectivity index (χ2n) is 20.4. The molecule has 3 aliphatic rings. The number of carbonyl (C=O) groups excluding carboxylic acids is 5. The fourth-order valence-electron chi connectivity index (χ4n) is 9.36. The van der Waals surface area contributed by atoms with Gasteiger partial charge in [-0.3, -0.25) is 19.2 Å². The fraction of sp³-hybridized carbons (Fsp3) is 0.540. The molecule has 3 aromatic rings. The normalized spacial score (nSPS) is 21.1. The molecule has 422 valence electrons. The summed E-state index contributed by atoms with van der Waals surface area (Å²) in [6.45, 7) is 8.15. The highest BCUT2D eigenvalue weighted by molar-refractivity contribution is 9.10. The SMILES string of the molecule is CC=CCC[C@@H](O)C[C@@H]1OC(=O)[C@H]1C.CCCCCC[C@@H]1C(=O)O[C@H]1C[C@H](CC/C=C/c1ccc(Br)cc1)OC(=O)[C@H](Cc1ccccc1)NC=O.CCCCCC[C@@H]1C(=O)O[C@H]1C[C@H](O)CC/C=C/c1ccc(Br)cc1. The van der Waals surface area contributed by atoms with E-state index in [0.717, 1.165) is 89.8 Å². The third-order valence-electron chi connectivity index (χ3n) is 14.2. The number of rotatable bonds is 33. The van der Waals surface area contributed by atoms with Gasteiger partial charge in [0.1, 0.15) is 30.5 Å². The molecule has 0 bridgehead atoms. The molecule has 0 aromatic heterocycles. The topological polar surface area (TPSA) is 175 Å². The minimum absolute atomic E-state index is 0.00446. The van der Waals surface area contributed by atoms with E-state index in [9.17, 15) is 34.2 Å². The number of allylic oxidation sites excluding steroid dienone is 4. The largest absolute Gasteiger partial charge is 0.461 e. The van der Waals surface area contributed by atoms with Crippen LogP contribution in [0.15, 0.2) is 112 Å². The van der Waals surface area contributed by atoms with Crippen molar-refractivity contribution in [3.8, 4) is 0 Å². The van der Waals surface area contributed by atoms with Gasteiger partial charge < -0.3 is 34.5 Å². The Labute approximate surface area is 475 Å². The summed E-state index contributed by atoms with van der Waals surface area (Å²) in [5.74, 6) is -1.03. The number of benzene rings is 3. The fourth-order valence-corrected chi connectivity index (χ4v) is 9.89. The summed E-state index contributed by atoms with van der Waals surface area (Å²) in [4.78, 5) is 58.9. The number of hydrogen-bond acceptors (Lipinski definition) is 11. The van der Waals surface area contributed by atoms with Crippen LogP contribution in [0.25, 0.3) is 12.2 Å². The molecule has 0 spiro atoms. The van der Waals surface area contributed by atoms with Gasteiger partial charge in [-0.25, -0.2) is 4.79 Å². The van der Waals surface area contributed by atoms with Gasteiger partial charge in [-0.2, -0.15) is 0 Å². The number of aliphatic hydroxyl groups is 2. The van der Waals surface area contributed by atoms with Gasteiger partial charge in [0.15, 0.2) is 0 Å². The number of esters is 4. The van der Waals surface area contributed by atoms with Crippen molar-refractivity contribution in [3.63, 3.8) is 0 Å². The monoisotopic (exact) mass is 1190 g/mol. The van der Waals surface area contributed by atoms with Gasteiger partial charge in [0.05, 0.1) is 30.0 Å². The van der Waals surface area contributed by atoms with Crippen LogP contribution in [0, 0.1) is 17.8 Å². The maximum Gasteiger partial charge on any atom is 0.329 e. The third-order valence-corrected chi connectivity index (χ3v) is 15.2. The van der Waals surface area contributed by atoms with Crippen molar-refractivity contribution >= 4 is 74.3 Å². The molecule has 3 aromatic carbocycles. The first kappa shape index (κ1) is 64.6. The molecule has 77 heavy (non-hydrogen) atoms. The minimum Gasteiger partial charge on any atom is -0.461 e. The predicted octanol–water partition coefficient (Wildman–Crippen LogP) is 13.6. The Kier molecular flexibility index (Phi) is 31.1. The molecule has 3 heterocycles. The van der Waals surface area contributed by atoms with Gasteiger partial charge in [-0.05, 0) is 106 Å². The lowest BCUT2D eigenvalue weighted by molar-refractivity contribution is -0.191. The van der Waals surface area contributed by atoms with Crippen LogP contribution in [0.4, 0.5) is 0 Å². The molecule has 3 saturated heterocycles. The summed E-state index contributed by atoms with van der Waals surface area (Å²) >= 11 is 6.87. The molecule has 0 unspecified atom stereocenters. The molecule has 3 aliphatic heterocycles. The first-order chi connectivity index (χ1) is 37.2. The van der Waals surface area contributed by atoms with Crippen LogP contribution < -0.4 is 5.32 Å². The van der Waals surface area contributed by atoms with Crippen molar-refractivity contribution < 1.29 is 53.1 Å². The van der Waals surface area contributed by atoms with Crippen molar-refractivity contribution in [2.45, 2.75) is 199 Å². The summed E-state index contributed by atoms with van der Waals surface area (Å²) in [7, 11) is 0. The summed E-state index contributed by atoms with van der Waals surface area (Å²) in [5, 5.41) is 22.4. The lowest BCUT2D eigenvalue weighted by Crippen LogP contribution is -2.48. The summed E-state index contributed by atoms with van der Waals surface area (Å²) in [5.41, 5.74) is 3.16. The van der Waals surface area contributed by atoms with Gasteiger partial charge >= 0.3 is 23.9 Å². The maximum absolute atomic E-state index is 13.1. The number of carbonyl (C=O) groups is 5. The molecule has 0 radical (unpaired) electrons. The van der Waals surface area contributed by atoms with Crippen LogP contribution >= 0.6 is 31.9 Å². The summed E-state index contributed by atoms with van der Waals surface area (Å²) in [6, 6.07) is 24.9. The minimum atomic E-state index is -0.788. The van der Waals surface area contributed by atoms with Crippen LogP contribution in [0.2, 0.25) is 0 Å². The second kappa shape index (κ2) is 37.1. The van der Waals surface area contributed by atoms with E-state index in [-0.39, 0.29) is 60.1 Å². The van der Waals surface area contributed by atoms with Gasteiger partial charge in [-0.1, -0.05) is 188 Å². The molecule has 10 atom stereocenters. The van der Waals surface area contributed by atoms with E-state index in [1.807, 2.05) is 111 Å². The number of hydrogen-bond donors (Lipinski definition) is 3. The van der Waals surface area contributed by atoms with E-state index >= 15 is 0 Å². The quantitative estimate of drug-likeness (QED) is 0.0174. The van der Waals surface area contributed by atoms with Crippen molar-refractivity contribution in [2.24, 2.45) is 17.8 Å². The highest BCUT2D eigenvalue weighted by atomic mass is 79.9. The van der Waals surface area contributed by atoms with Crippen LogP contribution in [0.1, 0.15) is 166 Å². The number of amides is 1. The Hall–Kier alpha value is -4.89. The molecule has 1 amide bonds. The third kappa shape index (κ3) is 24.8. The summed E-state index contributed by atoms with van der Waals surface area (Å²) < 4.78 is 23.7. The van der Waals surface area contributed by atoms with Crippen molar-refractivity contribution in [1.82, 2.24) is 5.32 Å². The second-order valence-corrected chi connectivity index (χ2v) is 22.3. The van der Waals surface area contributed by atoms with E-state index < -0.39 is 24.2 Å². The molecule has 3 fully saturated rings. The zero-order valence-electron chi connectivity index (χ0n) is 45.8. The Morgan fingerprint density at radius 3 is 1.58 bits per heavy atom. The molecule has 12 nitrogen and oxygen atoms in total. The number of aliphatic hydroxyl groups excluding tert-OH is 2. The van der Waals surface area contributed by atoms with Crippen LogP contribution in [-0.4, -0.2) is 83.2 Å². The molecule has 3 N–H and O–H groups in total. The molecule has 0 aliphatic carbocycles. The van der Waals surface area contributed by atoms with Gasteiger partial charge in [0, 0.05) is 34.6 Å². The number of unbranched alkanes of at least 4 members (excludes halogenated alkanes) is 6. The average Bonchev–Trinajstić information content (AvgIpc) is 3.42. The zero-order valence-corrected chi connectivity index (χ0v) is 49.0. The standard InChI is InChI=1S/C31H38BrNO5.C21H29BrO3.C11H18O3/c1-2-3-4-8-15-27-29(38-30(27)35)21-26(14-10-9-11-23-16-18-25(32)19-17-23)37-31(36)28(33-22-34)20-24-12-6-5-7-13-24;1-2-3-4-5-10-19-20(25-21(19)24)15-18(23)9-7-6-8-16-11-13-17(22)14-12-16;1-3-4-5-6-9(12)7-10-8(2)11(13)14-10/h5-7,9,11-13,16-19,22,26-29H,2-4,8,10,14-15,20-21H2,1H3,(H,33,34);6,8,11-14,18-20,23H,2-5,7,9-10,15H2,1H3;3-4,8-10,12H,5-7H2,1-2H3/b11-9+;8-6+;/t26-,27-,28-,29-;18-,19+,20+;8-,9+,10-/m010/s1. The van der Waals surface area contributed by atoms with E-state index in [2.05, 4.69) is 69.3 Å². The van der Waals surface area contributed by atoms with Crippen molar-refractivity contribution in [3.05, 3.63) is 129 Å². The highest BCUT2D eigenvalue weighted by Gasteiger charge is 2.44.